The Morgan fingerprint density at radius 1 is 1.16 bits per heavy atom. The molecule has 198 valence electrons. The van der Waals surface area contributed by atoms with Crippen molar-refractivity contribution in [2.75, 3.05) is 30.4 Å². The lowest BCUT2D eigenvalue weighted by atomic mass is 9.95. The second kappa shape index (κ2) is 10.3. The van der Waals surface area contributed by atoms with Gasteiger partial charge in [-0.1, -0.05) is 0 Å². The lowest BCUT2D eigenvalue weighted by Crippen LogP contribution is -2.55. The van der Waals surface area contributed by atoms with Crippen LogP contribution in [0, 0.1) is 23.1 Å². The Balaban J connectivity index is 1.77. The van der Waals surface area contributed by atoms with Gasteiger partial charge < -0.3 is 10.2 Å². The van der Waals surface area contributed by atoms with Gasteiger partial charge in [0.05, 0.1) is 16.9 Å². The molecule has 0 spiro atoms. The summed E-state index contributed by atoms with van der Waals surface area (Å²) in [4.78, 5) is 39.6. The van der Waals surface area contributed by atoms with E-state index in [0.29, 0.717) is 25.4 Å². The summed E-state index contributed by atoms with van der Waals surface area (Å²) in [6, 6.07) is 4.38. The van der Waals surface area contributed by atoms with Crippen LogP contribution in [-0.2, 0) is 9.59 Å². The molecule has 1 aromatic carbocycles. The van der Waals surface area contributed by atoms with Crippen molar-refractivity contribution in [1.82, 2.24) is 14.9 Å². The maximum absolute atomic E-state index is 15.4. The lowest BCUT2D eigenvalue weighted by Gasteiger charge is -2.44. The summed E-state index contributed by atoms with van der Waals surface area (Å²) in [7, 11) is 1.96. The van der Waals surface area contributed by atoms with Gasteiger partial charge in [-0.3, -0.25) is 14.5 Å². The van der Waals surface area contributed by atoms with Gasteiger partial charge in [-0.25, -0.2) is 19.4 Å². The minimum absolute atomic E-state index is 0.0251. The van der Waals surface area contributed by atoms with Gasteiger partial charge in [0, 0.05) is 61.0 Å². The van der Waals surface area contributed by atoms with Crippen LogP contribution in [0.25, 0.3) is 11.1 Å². The quantitative estimate of drug-likeness (QED) is 0.605. The third kappa shape index (κ3) is 5.40. The average Bonchev–Trinajstić information content (AvgIpc) is 2.87. The number of aromatic nitrogens is 2. The Kier molecular flexibility index (Phi) is 7.28. The minimum atomic E-state index is -4.94. The normalized spacial score (nSPS) is 22.2. The van der Waals surface area contributed by atoms with Gasteiger partial charge in [-0.2, -0.15) is 18.4 Å². The van der Waals surface area contributed by atoms with Gasteiger partial charge in [0.1, 0.15) is 17.8 Å². The summed E-state index contributed by atoms with van der Waals surface area (Å²) in [5.74, 6) is -4.89. The SMILES string of the molecule is C[C@@H]1CN(c2cc(F)c(-c3cnc(C#N)nc3)cc2NC(=O)C2C=NC(=O)C=C2C(F)(F)F)C[C@H](C)N1C. The molecule has 3 atom stereocenters. The molecule has 13 heteroatoms. The number of piperazine rings is 1. The molecule has 38 heavy (non-hydrogen) atoms. The standard InChI is InChI=1S/C25H23F4N7O2/c1-13-11-36(12-14(2)35(13)3)21-6-19(26)16(15-8-31-22(7-30)32-9-15)4-20(21)34-24(38)17-10-33-23(37)5-18(17)25(27,28)29/h4-6,8-10,13-14,17H,11-12H2,1-3H3,(H,34,38)/t13-,14+,17?. The summed E-state index contributed by atoms with van der Waals surface area (Å²) in [6.07, 6.45) is -1.53. The molecule has 1 N–H and O–H groups in total. The third-order valence-corrected chi connectivity index (χ3v) is 6.68. The number of carbonyl (C=O) groups excluding carboxylic acids is 2. The Morgan fingerprint density at radius 3 is 2.37 bits per heavy atom. The highest BCUT2D eigenvalue weighted by Crippen LogP contribution is 2.37. The number of rotatable bonds is 4. The number of dihydropyridines is 1. The predicted molar refractivity (Wildman–Crippen MR) is 131 cm³/mol. The van der Waals surface area contributed by atoms with E-state index < -0.39 is 35.3 Å². The number of benzene rings is 1. The van der Waals surface area contributed by atoms with Crippen molar-refractivity contribution >= 4 is 29.4 Å². The van der Waals surface area contributed by atoms with Crippen molar-refractivity contribution in [2.45, 2.75) is 32.1 Å². The molecule has 2 aromatic rings. The molecule has 1 saturated heterocycles. The third-order valence-electron chi connectivity index (χ3n) is 6.68. The summed E-state index contributed by atoms with van der Waals surface area (Å²) in [6.45, 7) is 4.90. The van der Waals surface area contributed by atoms with E-state index in [1.807, 2.05) is 25.8 Å². The fourth-order valence-corrected chi connectivity index (χ4v) is 4.44. The molecular weight excluding hydrogens is 506 g/mol. The predicted octanol–water partition coefficient (Wildman–Crippen LogP) is 3.34. The maximum atomic E-state index is 15.4. The number of nitriles is 1. The second-order valence-electron chi connectivity index (χ2n) is 9.21. The Hall–Kier alpha value is -4.18. The zero-order chi connectivity index (χ0) is 27.8. The molecule has 9 nitrogen and oxygen atoms in total. The Morgan fingerprint density at radius 2 is 1.79 bits per heavy atom. The lowest BCUT2D eigenvalue weighted by molar-refractivity contribution is -0.124. The van der Waals surface area contributed by atoms with Gasteiger partial charge in [-0.15, -0.1) is 0 Å². The molecule has 0 saturated carbocycles. The highest BCUT2D eigenvalue weighted by atomic mass is 19.4. The first-order valence-electron chi connectivity index (χ1n) is 11.6. The number of hydrogen-bond acceptors (Lipinski definition) is 7. The average molecular weight is 529 g/mol. The first kappa shape index (κ1) is 26.9. The molecule has 1 aromatic heterocycles. The van der Waals surface area contributed by atoms with E-state index in [9.17, 15) is 22.8 Å². The maximum Gasteiger partial charge on any atom is 0.414 e. The number of nitrogens with one attached hydrogen (secondary N) is 1. The summed E-state index contributed by atoms with van der Waals surface area (Å²) < 4.78 is 56.2. The minimum Gasteiger partial charge on any atom is -0.367 e. The summed E-state index contributed by atoms with van der Waals surface area (Å²) in [5.41, 5.74) is -0.831. The molecule has 0 aliphatic carbocycles. The van der Waals surface area contributed by atoms with E-state index in [-0.39, 0.29) is 40.4 Å². The first-order valence-corrected chi connectivity index (χ1v) is 11.6. The van der Waals surface area contributed by atoms with Crippen molar-refractivity contribution in [3.05, 3.63) is 47.8 Å². The van der Waals surface area contributed by atoms with E-state index in [1.54, 1.807) is 6.07 Å². The largest absolute Gasteiger partial charge is 0.414 e. The first-order chi connectivity index (χ1) is 17.9. The number of amides is 2. The fraction of sp³-hybridized carbons (Fsp3) is 0.360. The molecular formula is C25H23F4N7O2. The summed E-state index contributed by atoms with van der Waals surface area (Å²) >= 11 is 0. The molecule has 3 heterocycles. The van der Waals surface area contributed by atoms with E-state index in [1.165, 1.54) is 24.5 Å². The molecule has 4 rings (SSSR count). The van der Waals surface area contributed by atoms with Crippen LogP contribution < -0.4 is 10.2 Å². The van der Waals surface area contributed by atoms with Crippen LogP contribution in [0.15, 0.2) is 41.2 Å². The molecule has 0 radical (unpaired) electrons. The monoisotopic (exact) mass is 529 g/mol. The second-order valence-corrected chi connectivity index (χ2v) is 9.21. The van der Waals surface area contributed by atoms with Gasteiger partial charge in [0.15, 0.2) is 0 Å². The molecule has 1 unspecified atom stereocenters. The molecule has 1 fully saturated rings. The number of nitrogens with zero attached hydrogens (tertiary/aromatic N) is 6. The number of alkyl halides is 3. The topological polar surface area (TPSA) is 115 Å². The van der Waals surface area contributed by atoms with Crippen LogP contribution in [-0.4, -0.2) is 71.3 Å². The number of halogens is 4. The smallest absolute Gasteiger partial charge is 0.367 e. The number of anilines is 2. The van der Waals surface area contributed by atoms with Crippen molar-refractivity contribution in [3.63, 3.8) is 0 Å². The Labute approximate surface area is 215 Å². The van der Waals surface area contributed by atoms with Gasteiger partial charge >= 0.3 is 6.18 Å². The highest BCUT2D eigenvalue weighted by molar-refractivity contribution is 6.11. The molecule has 2 aliphatic heterocycles. The zero-order valence-corrected chi connectivity index (χ0v) is 20.6. The van der Waals surface area contributed by atoms with Crippen molar-refractivity contribution in [3.8, 4) is 17.2 Å². The zero-order valence-electron chi connectivity index (χ0n) is 20.6. The van der Waals surface area contributed by atoms with Crippen LogP contribution in [0.2, 0.25) is 0 Å². The van der Waals surface area contributed by atoms with Gasteiger partial charge in [-0.05, 0) is 33.0 Å². The number of carbonyl (C=O) groups is 2. The van der Waals surface area contributed by atoms with Crippen LogP contribution in [0.3, 0.4) is 0 Å². The fourth-order valence-electron chi connectivity index (χ4n) is 4.44. The van der Waals surface area contributed by atoms with Crippen LogP contribution in [0.5, 0.6) is 0 Å². The molecule has 2 amide bonds. The number of aliphatic imine (C=N–C) groups is 1. The van der Waals surface area contributed by atoms with Crippen LogP contribution >= 0.6 is 0 Å². The summed E-state index contributed by atoms with van der Waals surface area (Å²) in [5, 5.41) is 11.4. The van der Waals surface area contributed by atoms with Crippen molar-refractivity contribution in [2.24, 2.45) is 10.9 Å². The number of hydrogen-bond donors (Lipinski definition) is 1. The van der Waals surface area contributed by atoms with Crippen molar-refractivity contribution < 1.29 is 27.2 Å². The van der Waals surface area contributed by atoms with Gasteiger partial charge in [0.25, 0.3) is 5.91 Å². The van der Waals surface area contributed by atoms with E-state index >= 15 is 4.39 Å². The molecule has 0 bridgehead atoms. The molecule has 2 aliphatic rings. The number of likely N-dealkylation sites (N-methyl/N-ethyl adjacent to an activating group) is 1. The highest BCUT2D eigenvalue weighted by Gasteiger charge is 2.43. The van der Waals surface area contributed by atoms with E-state index in [4.69, 9.17) is 5.26 Å². The van der Waals surface area contributed by atoms with Crippen LogP contribution in [0.1, 0.15) is 19.7 Å². The Bertz CT molecular complexity index is 1350. The van der Waals surface area contributed by atoms with Gasteiger partial charge in [0.2, 0.25) is 11.7 Å². The van der Waals surface area contributed by atoms with Crippen LogP contribution in [0.4, 0.5) is 28.9 Å². The van der Waals surface area contributed by atoms with E-state index in [2.05, 4.69) is 25.2 Å². The van der Waals surface area contributed by atoms with Crippen molar-refractivity contribution in [1.29, 1.82) is 5.26 Å². The van der Waals surface area contributed by atoms with E-state index in [0.717, 1.165) is 0 Å².